The van der Waals surface area contributed by atoms with Crippen molar-refractivity contribution in [2.75, 3.05) is 31.8 Å². The van der Waals surface area contributed by atoms with Crippen LogP contribution in [0.15, 0.2) is 0 Å². The molecule has 51 heavy (non-hydrogen) atoms. The van der Waals surface area contributed by atoms with Gasteiger partial charge in [-0.15, -0.1) is 0 Å². The number of esters is 3. The summed E-state index contributed by atoms with van der Waals surface area (Å²) in [7, 11) is 1.21. The van der Waals surface area contributed by atoms with Crippen LogP contribution in [0.4, 0.5) is 0 Å². The highest BCUT2D eigenvalue weighted by Crippen LogP contribution is 2.15. The first-order valence-electron chi connectivity index (χ1n) is 20.9. The quantitative estimate of drug-likeness (QED) is 0.0360. The number of nitrogens with two attached hydrogens (primary N) is 1. The summed E-state index contributed by atoms with van der Waals surface area (Å²) in [6, 6.07) is -2.01. The highest BCUT2D eigenvalue weighted by Gasteiger charge is 2.26. The minimum atomic E-state index is -1.12. The molecule has 0 heterocycles. The van der Waals surface area contributed by atoms with Crippen LogP contribution in [0.25, 0.3) is 0 Å². The molecule has 9 nitrogen and oxygen atoms in total. The van der Waals surface area contributed by atoms with E-state index < -0.39 is 29.9 Å². The molecule has 300 valence electrons. The van der Waals surface area contributed by atoms with Gasteiger partial charge in [0.25, 0.3) is 0 Å². The average Bonchev–Trinajstić information content (AvgIpc) is 3.13. The zero-order chi connectivity index (χ0) is 37.6. The Balaban J connectivity index is 3.88. The average molecular weight is 743 g/mol. The molecular weight excluding hydrogens is 665 g/mol. The number of methoxy groups -OCH3 is 1. The van der Waals surface area contributed by atoms with Gasteiger partial charge >= 0.3 is 17.9 Å². The summed E-state index contributed by atoms with van der Waals surface area (Å²) in [5.41, 5.74) is 6.03. The third-order valence-corrected chi connectivity index (χ3v) is 10.4. The molecule has 0 aliphatic rings. The summed E-state index contributed by atoms with van der Waals surface area (Å²) in [6.45, 7) is 4.46. The van der Waals surface area contributed by atoms with Crippen LogP contribution in [0, 0.1) is 0 Å². The number of carbonyl (C=O) groups is 4. The minimum Gasteiger partial charge on any atom is -0.467 e. The Morgan fingerprint density at radius 1 is 0.569 bits per heavy atom. The maximum atomic E-state index is 12.6. The molecule has 0 aliphatic heterocycles. The molecule has 2 atom stereocenters. The van der Waals surface area contributed by atoms with E-state index in [9.17, 15) is 19.2 Å². The zero-order valence-electron chi connectivity index (χ0n) is 33.1. The van der Waals surface area contributed by atoms with Crippen LogP contribution < -0.4 is 11.1 Å². The molecule has 0 aromatic rings. The third-order valence-electron chi connectivity index (χ3n) is 9.31. The van der Waals surface area contributed by atoms with Crippen molar-refractivity contribution < 1.29 is 33.4 Å². The fourth-order valence-electron chi connectivity index (χ4n) is 5.98. The van der Waals surface area contributed by atoms with Gasteiger partial charge in [-0.3, -0.25) is 14.4 Å². The van der Waals surface area contributed by atoms with Crippen molar-refractivity contribution in [3.05, 3.63) is 0 Å². The van der Waals surface area contributed by atoms with E-state index >= 15 is 0 Å². The molecule has 0 aliphatic carbocycles. The number of carbonyl (C=O) groups excluding carboxylic acids is 4. The summed E-state index contributed by atoms with van der Waals surface area (Å²) in [4.78, 5) is 49.1. The standard InChI is InChI=1S/C41H78N2O7S/c1-4-6-8-10-12-14-16-18-20-22-24-26-28-30-38(44)49-32-33-51-35-36(42)40(46)43-37(41(47)48-3)34-50-39(45)31-29-27-25-23-21-19-17-15-13-11-9-7-5-2/h36-37H,4-35,42H2,1-3H3,(H,43,46)/t36-,37-/m0/s1. The van der Waals surface area contributed by atoms with Gasteiger partial charge in [-0.25, -0.2) is 4.79 Å². The molecule has 0 bridgehead atoms. The predicted molar refractivity (Wildman–Crippen MR) is 212 cm³/mol. The van der Waals surface area contributed by atoms with Crippen molar-refractivity contribution in [3.63, 3.8) is 0 Å². The highest BCUT2D eigenvalue weighted by atomic mass is 32.2. The zero-order valence-corrected chi connectivity index (χ0v) is 33.9. The van der Waals surface area contributed by atoms with Gasteiger partial charge in [-0.05, 0) is 12.8 Å². The van der Waals surface area contributed by atoms with Crippen molar-refractivity contribution >= 4 is 35.6 Å². The van der Waals surface area contributed by atoms with E-state index in [1.54, 1.807) is 0 Å². The van der Waals surface area contributed by atoms with E-state index in [2.05, 4.69) is 19.2 Å². The van der Waals surface area contributed by atoms with Crippen LogP contribution in [0.3, 0.4) is 0 Å². The number of rotatable bonds is 38. The number of hydrogen-bond acceptors (Lipinski definition) is 9. The molecule has 0 radical (unpaired) electrons. The third kappa shape index (κ3) is 33.8. The van der Waals surface area contributed by atoms with Gasteiger partial charge in [0.2, 0.25) is 5.91 Å². The first-order valence-corrected chi connectivity index (χ1v) is 22.0. The predicted octanol–water partition coefficient (Wildman–Crippen LogP) is 9.75. The first kappa shape index (κ1) is 49.2. The molecule has 0 aromatic carbocycles. The molecule has 0 aromatic heterocycles. The SMILES string of the molecule is CCCCCCCCCCCCCCCC(=O)OCCSC[C@H](N)C(=O)N[C@@H](COC(=O)CCCCCCCCCCCCCCC)C(=O)OC. The second-order valence-electron chi connectivity index (χ2n) is 14.2. The van der Waals surface area contributed by atoms with E-state index in [-0.39, 0.29) is 31.4 Å². The number of thioether (sulfide) groups is 1. The van der Waals surface area contributed by atoms with Crippen LogP contribution in [-0.2, 0) is 33.4 Å². The van der Waals surface area contributed by atoms with Crippen LogP contribution in [0.5, 0.6) is 0 Å². The van der Waals surface area contributed by atoms with E-state index in [1.165, 1.54) is 154 Å². The summed E-state index contributed by atoms with van der Waals surface area (Å²) in [5, 5.41) is 2.54. The normalized spacial score (nSPS) is 12.3. The van der Waals surface area contributed by atoms with Crippen molar-refractivity contribution in [1.82, 2.24) is 5.32 Å². The highest BCUT2D eigenvalue weighted by molar-refractivity contribution is 7.99. The molecule has 1 amide bonds. The Morgan fingerprint density at radius 2 is 0.941 bits per heavy atom. The Hall–Kier alpha value is -1.81. The summed E-state index contributed by atoms with van der Waals surface area (Å²) in [6.07, 6.45) is 33.0. The number of nitrogens with one attached hydrogen (secondary N) is 1. The topological polar surface area (TPSA) is 134 Å². The first-order chi connectivity index (χ1) is 24.8. The maximum Gasteiger partial charge on any atom is 0.331 e. The van der Waals surface area contributed by atoms with Crippen molar-refractivity contribution in [2.45, 2.75) is 206 Å². The van der Waals surface area contributed by atoms with Gasteiger partial charge in [0.05, 0.1) is 13.2 Å². The molecule has 0 rings (SSSR count). The van der Waals surface area contributed by atoms with E-state index in [0.29, 0.717) is 12.2 Å². The molecule has 0 spiro atoms. The molecule has 0 saturated heterocycles. The Kier molecular flexibility index (Phi) is 36.6. The molecule has 0 saturated carbocycles. The molecule has 10 heteroatoms. The van der Waals surface area contributed by atoms with Gasteiger partial charge < -0.3 is 25.3 Å². The molecule has 3 N–H and O–H groups in total. The molecular formula is C41H78N2O7S. The number of hydrogen-bond donors (Lipinski definition) is 2. The Labute approximate surface area is 316 Å². The molecule has 0 unspecified atom stereocenters. The van der Waals surface area contributed by atoms with Crippen LogP contribution in [0.2, 0.25) is 0 Å². The number of amides is 1. The lowest BCUT2D eigenvalue weighted by atomic mass is 10.0. The van der Waals surface area contributed by atoms with Gasteiger partial charge in [-0.1, -0.05) is 168 Å². The van der Waals surface area contributed by atoms with Crippen LogP contribution in [0.1, 0.15) is 194 Å². The fraction of sp³-hybridized carbons (Fsp3) is 0.902. The second kappa shape index (κ2) is 37.9. The fourth-order valence-corrected chi connectivity index (χ4v) is 6.76. The summed E-state index contributed by atoms with van der Waals surface area (Å²) >= 11 is 1.40. The number of unbranched alkanes of at least 4 members (excludes halogenated alkanes) is 24. The smallest absolute Gasteiger partial charge is 0.331 e. The van der Waals surface area contributed by atoms with Crippen molar-refractivity contribution in [1.29, 1.82) is 0 Å². The lowest BCUT2D eigenvalue weighted by Crippen LogP contribution is -2.51. The Morgan fingerprint density at radius 3 is 1.33 bits per heavy atom. The monoisotopic (exact) mass is 743 g/mol. The van der Waals surface area contributed by atoms with E-state index in [4.69, 9.17) is 19.9 Å². The van der Waals surface area contributed by atoms with Crippen molar-refractivity contribution in [2.24, 2.45) is 5.73 Å². The molecule has 0 fully saturated rings. The van der Waals surface area contributed by atoms with Crippen LogP contribution >= 0.6 is 11.8 Å². The summed E-state index contributed by atoms with van der Waals surface area (Å²) in [5.74, 6) is -1.02. The van der Waals surface area contributed by atoms with Crippen LogP contribution in [-0.4, -0.2) is 67.7 Å². The Bertz CT molecular complexity index is 845. The van der Waals surface area contributed by atoms with E-state index in [0.717, 1.165) is 32.1 Å². The van der Waals surface area contributed by atoms with E-state index in [1.807, 2.05) is 0 Å². The largest absolute Gasteiger partial charge is 0.467 e. The maximum absolute atomic E-state index is 12.6. The lowest BCUT2D eigenvalue weighted by molar-refractivity contribution is -0.152. The van der Waals surface area contributed by atoms with Gasteiger partial charge in [0.15, 0.2) is 6.04 Å². The minimum absolute atomic E-state index is 0.190. The van der Waals surface area contributed by atoms with Crippen molar-refractivity contribution in [3.8, 4) is 0 Å². The van der Waals surface area contributed by atoms with Gasteiger partial charge in [0.1, 0.15) is 13.2 Å². The van der Waals surface area contributed by atoms with Gasteiger partial charge in [-0.2, -0.15) is 11.8 Å². The summed E-state index contributed by atoms with van der Waals surface area (Å²) < 4.78 is 15.4. The lowest BCUT2D eigenvalue weighted by Gasteiger charge is -2.19. The second-order valence-corrected chi connectivity index (χ2v) is 15.3. The number of ether oxygens (including phenoxy) is 3. The van der Waals surface area contributed by atoms with Gasteiger partial charge in [0, 0.05) is 24.3 Å².